The third-order valence-corrected chi connectivity index (χ3v) is 3.85. The second-order valence-electron chi connectivity index (χ2n) is 5.25. The number of halogens is 2. The standard InChI is InChI=1S/C15H21F2N/c1-3-7-18-15(11-5-4-6-11)12-8-10(2)13(16)9-14(12)17/h8-9,11,15,18H,3-7H2,1-2H3. The van der Waals surface area contributed by atoms with Crippen LogP contribution in [-0.2, 0) is 0 Å². The third-order valence-electron chi connectivity index (χ3n) is 3.85. The Morgan fingerprint density at radius 2 is 2.00 bits per heavy atom. The Kier molecular flexibility index (Phi) is 4.33. The summed E-state index contributed by atoms with van der Waals surface area (Å²) >= 11 is 0. The smallest absolute Gasteiger partial charge is 0.130 e. The average Bonchev–Trinajstić information content (AvgIpc) is 2.27. The molecule has 1 unspecified atom stereocenters. The first-order valence-corrected chi connectivity index (χ1v) is 6.82. The van der Waals surface area contributed by atoms with Crippen molar-refractivity contribution in [1.29, 1.82) is 0 Å². The van der Waals surface area contributed by atoms with Crippen molar-refractivity contribution in [3.05, 3.63) is 34.9 Å². The van der Waals surface area contributed by atoms with E-state index in [-0.39, 0.29) is 6.04 Å². The molecule has 1 aromatic rings. The summed E-state index contributed by atoms with van der Waals surface area (Å²) in [6.07, 6.45) is 4.51. The molecule has 1 aromatic carbocycles. The van der Waals surface area contributed by atoms with Gasteiger partial charge in [0, 0.05) is 17.7 Å². The van der Waals surface area contributed by atoms with Crippen LogP contribution < -0.4 is 5.32 Å². The summed E-state index contributed by atoms with van der Waals surface area (Å²) in [6, 6.07) is 2.72. The normalized spacial score (nSPS) is 17.6. The van der Waals surface area contributed by atoms with Crippen LogP contribution in [0, 0.1) is 24.5 Å². The Bertz CT molecular complexity index is 413. The second-order valence-corrected chi connectivity index (χ2v) is 5.25. The summed E-state index contributed by atoms with van der Waals surface area (Å²) in [5.74, 6) is -0.381. The molecule has 1 aliphatic carbocycles. The van der Waals surface area contributed by atoms with Crippen LogP contribution in [0.25, 0.3) is 0 Å². The lowest BCUT2D eigenvalue weighted by Crippen LogP contribution is -2.33. The van der Waals surface area contributed by atoms with Gasteiger partial charge in [-0.25, -0.2) is 8.78 Å². The van der Waals surface area contributed by atoms with Gasteiger partial charge in [0.1, 0.15) is 11.6 Å². The van der Waals surface area contributed by atoms with Crippen molar-refractivity contribution in [2.75, 3.05) is 6.54 Å². The van der Waals surface area contributed by atoms with Crippen LogP contribution in [0.3, 0.4) is 0 Å². The highest BCUT2D eigenvalue weighted by Gasteiger charge is 2.30. The highest BCUT2D eigenvalue weighted by atomic mass is 19.1. The molecule has 0 aromatic heterocycles. The van der Waals surface area contributed by atoms with Crippen LogP contribution in [0.2, 0.25) is 0 Å². The van der Waals surface area contributed by atoms with Gasteiger partial charge in [-0.15, -0.1) is 0 Å². The quantitative estimate of drug-likeness (QED) is 0.832. The van der Waals surface area contributed by atoms with Crippen LogP contribution in [0.1, 0.15) is 49.8 Å². The van der Waals surface area contributed by atoms with E-state index in [9.17, 15) is 8.78 Å². The maximum Gasteiger partial charge on any atom is 0.130 e. The van der Waals surface area contributed by atoms with Gasteiger partial charge in [0.05, 0.1) is 0 Å². The summed E-state index contributed by atoms with van der Waals surface area (Å²) in [4.78, 5) is 0. The highest BCUT2D eigenvalue weighted by Crippen LogP contribution is 2.39. The van der Waals surface area contributed by atoms with Gasteiger partial charge in [0.15, 0.2) is 0 Å². The zero-order valence-corrected chi connectivity index (χ0v) is 11.1. The molecule has 0 heterocycles. The van der Waals surface area contributed by atoms with Crippen molar-refractivity contribution < 1.29 is 8.78 Å². The molecule has 0 aliphatic heterocycles. The van der Waals surface area contributed by atoms with E-state index < -0.39 is 11.6 Å². The second kappa shape index (κ2) is 5.79. The van der Waals surface area contributed by atoms with Crippen molar-refractivity contribution in [2.24, 2.45) is 5.92 Å². The Morgan fingerprint density at radius 1 is 1.28 bits per heavy atom. The fourth-order valence-electron chi connectivity index (χ4n) is 2.52. The molecule has 1 saturated carbocycles. The Hall–Kier alpha value is -0.960. The first-order valence-electron chi connectivity index (χ1n) is 6.82. The molecule has 0 amide bonds. The zero-order chi connectivity index (χ0) is 13.1. The summed E-state index contributed by atoms with van der Waals surface area (Å²) < 4.78 is 27.3. The van der Waals surface area contributed by atoms with E-state index in [4.69, 9.17) is 0 Å². The molecular formula is C15H21F2N. The van der Waals surface area contributed by atoms with E-state index in [0.29, 0.717) is 17.0 Å². The number of hydrogen-bond acceptors (Lipinski definition) is 1. The topological polar surface area (TPSA) is 12.0 Å². The molecule has 1 aliphatic rings. The largest absolute Gasteiger partial charge is 0.310 e. The van der Waals surface area contributed by atoms with Gasteiger partial charge in [-0.2, -0.15) is 0 Å². The Morgan fingerprint density at radius 3 is 2.56 bits per heavy atom. The lowest BCUT2D eigenvalue weighted by atomic mass is 9.76. The Balaban J connectivity index is 2.25. The highest BCUT2D eigenvalue weighted by molar-refractivity contribution is 5.29. The molecule has 1 N–H and O–H groups in total. The van der Waals surface area contributed by atoms with Crippen molar-refractivity contribution in [3.8, 4) is 0 Å². The molecule has 0 spiro atoms. The minimum absolute atomic E-state index is 0.0398. The monoisotopic (exact) mass is 253 g/mol. The lowest BCUT2D eigenvalue weighted by molar-refractivity contribution is 0.227. The number of rotatable bonds is 5. The molecule has 0 radical (unpaired) electrons. The van der Waals surface area contributed by atoms with E-state index in [1.165, 1.54) is 6.42 Å². The summed E-state index contributed by atoms with van der Waals surface area (Å²) in [5, 5.41) is 3.41. The van der Waals surface area contributed by atoms with Gasteiger partial charge in [-0.1, -0.05) is 13.3 Å². The number of hydrogen-bond donors (Lipinski definition) is 1. The molecule has 0 bridgehead atoms. The Labute approximate surface area is 108 Å². The third kappa shape index (κ3) is 2.72. The van der Waals surface area contributed by atoms with Gasteiger partial charge in [-0.3, -0.25) is 0 Å². The van der Waals surface area contributed by atoms with E-state index in [1.54, 1.807) is 13.0 Å². The summed E-state index contributed by atoms with van der Waals surface area (Å²) in [5.41, 5.74) is 1.15. The van der Waals surface area contributed by atoms with Crippen molar-refractivity contribution in [2.45, 2.75) is 45.6 Å². The SMILES string of the molecule is CCCNC(c1cc(C)c(F)cc1F)C1CCC1. The van der Waals surface area contributed by atoms with Crippen LogP contribution in [0.15, 0.2) is 12.1 Å². The van der Waals surface area contributed by atoms with Gasteiger partial charge < -0.3 is 5.32 Å². The van der Waals surface area contributed by atoms with Gasteiger partial charge in [-0.05, 0) is 50.3 Å². The zero-order valence-electron chi connectivity index (χ0n) is 11.1. The average molecular weight is 253 g/mol. The molecule has 18 heavy (non-hydrogen) atoms. The number of benzene rings is 1. The maximum absolute atomic E-state index is 13.9. The minimum atomic E-state index is -0.459. The fourth-order valence-corrected chi connectivity index (χ4v) is 2.52. The fraction of sp³-hybridized carbons (Fsp3) is 0.600. The molecule has 2 rings (SSSR count). The van der Waals surface area contributed by atoms with E-state index in [1.807, 2.05) is 0 Å². The van der Waals surface area contributed by atoms with Crippen molar-refractivity contribution >= 4 is 0 Å². The number of aryl methyl sites for hydroxylation is 1. The lowest BCUT2D eigenvalue weighted by Gasteiger charge is -2.35. The van der Waals surface area contributed by atoms with Gasteiger partial charge in [0.2, 0.25) is 0 Å². The number of nitrogens with one attached hydrogen (secondary N) is 1. The summed E-state index contributed by atoms with van der Waals surface area (Å²) in [7, 11) is 0. The van der Waals surface area contributed by atoms with Gasteiger partial charge in [0.25, 0.3) is 0 Å². The maximum atomic E-state index is 13.9. The van der Waals surface area contributed by atoms with Crippen molar-refractivity contribution in [1.82, 2.24) is 5.32 Å². The molecule has 100 valence electrons. The van der Waals surface area contributed by atoms with Gasteiger partial charge >= 0.3 is 0 Å². The molecule has 0 saturated heterocycles. The molecule has 1 atom stereocenters. The van der Waals surface area contributed by atoms with Crippen LogP contribution in [0.5, 0.6) is 0 Å². The first-order chi connectivity index (χ1) is 8.63. The van der Waals surface area contributed by atoms with Crippen LogP contribution in [0.4, 0.5) is 8.78 Å². The van der Waals surface area contributed by atoms with E-state index in [0.717, 1.165) is 31.9 Å². The van der Waals surface area contributed by atoms with E-state index >= 15 is 0 Å². The first kappa shape index (κ1) is 13.5. The molecule has 1 fully saturated rings. The molecule has 3 heteroatoms. The van der Waals surface area contributed by atoms with Crippen LogP contribution in [-0.4, -0.2) is 6.54 Å². The van der Waals surface area contributed by atoms with E-state index in [2.05, 4.69) is 12.2 Å². The molecule has 1 nitrogen and oxygen atoms in total. The summed E-state index contributed by atoms with van der Waals surface area (Å²) in [6.45, 7) is 4.66. The van der Waals surface area contributed by atoms with Crippen LogP contribution >= 0.6 is 0 Å². The molecular weight excluding hydrogens is 232 g/mol. The predicted molar refractivity (Wildman–Crippen MR) is 69.5 cm³/mol. The van der Waals surface area contributed by atoms with Crippen molar-refractivity contribution in [3.63, 3.8) is 0 Å². The minimum Gasteiger partial charge on any atom is -0.310 e. The predicted octanol–water partition coefficient (Wildman–Crippen LogP) is 4.11.